The largest absolute Gasteiger partial charge is 0.466 e. The van der Waals surface area contributed by atoms with Crippen LogP contribution in [0.4, 0.5) is 0 Å². The molecule has 488 valence electrons. The molecule has 3 N–H and O–H groups in total. The Labute approximate surface area is 514 Å². The summed E-state index contributed by atoms with van der Waals surface area (Å²) in [6, 6.07) is -0.630. The zero-order chi connectivity index (χ0) is 59.2. The second-order valence-corrected chi connectivity index (χ2v) is 26.4. The number of nitrogens with one attached hydrogen (secondary N) is 1. The molecule has 2 unspecified atom stereocenters. The van der Waals surface area contributed by atoms with Crippen molar-refractivity contribution in [3.8, 4) is 0 Å². The standard InChI is InChI=1S/C76H149NO5/c1-3-5-7-9-11-13-15-17-19-21-23-24-25-26-27-29-33-36-40-44-48-52-56-60-64-68-74(79)73(72-78)77-75(80)69-65-61-57-53-49-45-41-37-34-30-28-31-35-39-43-47-51-55-59-63-67-71-82-76(81)70-66-62-58-54-50-46-42-38-32-22-20-18-16-14-12-10-8-6-4-2/h64,68,73-74,78-79H,3-63,65-67,69-72H2,1-2H3,(H,77,80)/b68-64+. The molecule has 0 saturated heterocycles. The average molecular weight is 1160 g/mol. The minimum absolute atomic E-state index is 0.0177. The van der Waals surface area contributed by atoms with Crippen LogP contribution in [0.5, 0.6) is 0 Å². The molecule has 0 aromatic rings. The van der Waals surface area contributed by atoms with Gasteiger partial charge in [-0.2, -0.15) is 0 Å². The molecule has 0 aliphatic heterocycles. The van der Waals surface area contributed by atoms with Crippen LogP contribution in [0.3, 0.4) is 0 Å². The summed E-state index contributed by atoms with van der Waals surface area (Å²) in [4.78, 5) is 24.7. The molecule has 0 fully saturated rings. The molecule has 6 heteroatoms. The summed E-state index contributed by atoms with van der Waals surface area (Å²) < 4.78 is 5.52. The molecular formula is C76H149NO5. The number of ether oxygens (including phenoxy) is 1. The van der Waals surface area contributed by atoms with Gasteiger partial charge in [0.25, 0.3) is 0 Å². The van der Waals surface area contributed by atoms with Crippen LogP contribution in [0.2, 0.25) is 0 Å². The van der Waals surface area contributed by atoms with Crippen LogP contribution in [0.15, 0.2) is 12.2 Å². The molecule has 82 heavy (non-hydrogen) atoms. The van der Waals surface area contributed by atoms with Gasteiger partial charge in [0, 0.05) is 12.8 Å². The highest BCUT2D eigenvalue weighted by molar-refractivity contribution is 5.76. The van der Waals surface area contributed by atoms with E-state index in [-0.39, 0.29) is 18.5 Å². The fourth-order valence-corrected chi connectivity index (χ4v) is 12.3. The average Bonchev–Trinajstić information content (AvgIpc) is 3.48. The second kappa shape index (κ2) is 72.1. The minimum atomic E-state index is -0.846. The van der Waals surface area contributed by atoms with Crippen molar-refractivity contribution in [2.24, 2.45) is 0 Å². The van der Waals surface area contributed by atoms with E-state index in [0.29, 0.717) is 19.4 Å². The van der Waals surface area contributed by atoms with E-state index in [0.717, 1.165) is 38.5 Å². The topological polar surface area (TPSA) is 95.9 Å². The maximum Gasteiger partial charge on any atom is 0.305 e. The third-order valence-electron chi connectivity index (χ3n) is 18.1. The number of hydrogen-bond donors (Lipinski definition) is 3. The van der Waals surface area contributed by atoms with Gasteiger partial charge >= 0.3 is 5.97 Å². The summed E-state index contributed by atoms with van der Waals surface area (Å²) in [5.41, 5.74) is 0. The Hall–Kier alpha value is -1.40. The quantitative estimate of drug-likeness (QED) is 0.0320. The number of unbranched alkanes of at least 4 members (excludes halogenated alkanes) is 61. The molecule has 0 aliphatic rings. The Morgan fingerprint density at radius 3 is 0.829 bits per heavy atom. The van der Waals surface area contributed by atoms with E-state index in [4.69, 9.17) is 4.74 Å². The van der Waals surface area contributed by atoms with Gasteiger partial charge in [0.2, 0.25) is 5.91 Å². The number of allylic oxidation sites excluding steroid dienone is 1. The lowest BCUT2D eigenvalue weighted by atomic mass is 10.0. The summed E-state index contributed by atoms with van der Waals surface area (Å²) in [6.45, 7) is 4.96. The Morgan fingerprint density at radius 1 is 0.329 bits per heavy atom. The molecule has 1 amide bonds. The van der Waals surface area contributed by atoms with Crippen molar-refractivity contribution >= 4 is 11.9 Å². The van der Waals surface area contributed by atoms with Gasteiger partial charge in [0.05, 0.1) is 25.4 Å². The Balaban J connectivity index is 3.39. The van der Waals surface area contributed by atoms with E-state index in [1.807, 2.05) is 6.08 Å². The zero-order valence-electron chi connectivity index (χ0n) is 56.0. The van der Waals surface area contributed by atoms with E-state index in [1.54, 1.807) is 6.08 Å². The van der Waals surface area contributed by atoms with Gasteiger partial charge < -0.3 is 20.3 Å². The lowest BCUT2D eigenvalue weighted by Crippen LogP contribution is -2.45. The van der Waals surface area contributed by atoms with Gasteiger partial charge in [-0.1, -0.05) is 405 Å². The Morgan fingerprint density at radius 2 is 0.561 bits per heavy atom. The summed E-state index contributed by atoms with van der Waals surface area (Å²) in [5.74, 6) is -0.0455. The minimum Gasteiger partial charge on any atom is -0.466 e. The summed E-state index contributed by atoms with van der Waals surface area (Å²) in [7, 11) is 0. The van der Waals surface area contributed by atoms with Gasteiger partial charge in [0.1, 0.15) is 0 Å². The van der Waals surface area contributed by atoms with Gasteiger partial charge in [-0.3, -0.25) is 9.59 Å². The highest BCUT2D eigenvalue weighted by Gasteiger charge is 2.18. The zero-order valence-corrected chi connectivity index (χ0v) is 56.0. The first kappa shape index (κ1) is 80.6. The SMILES string of the molecule is CCCCCCCCCCCCCCCCCCCCCCCCC/C=C/C(O)C(CO)NC(=O)CCCCCCCCCCCCCCCCCCCCCCCOC(=O)CCCCCCCCCCCCCCCCCCCCC. The third-order valence-corrected chi connectivity index (χ3v) is 18.1. The number of hydrogen-bond acceptors (Lipinski definition) is 5. The number of rotatable bonds is 72. The van der Waals surface area contributed by atoms with E-state index < -0.39 is 12.1 Å². The predicted octanol–water partition coefficient (Wildman–Crippen LogP) is 24.7. The predicted molar refractivity (Wildman–Crippen MR) is 361 cm³/mol. The van der Waals surface area contributed by atoms with Crippen molar-refractivity contribution < 1.29 is 24.5 Å². The monoisotopic (exact) mass is 1160 g/mol. The van der Waals surface area contributed by atoms with Crippen LogP contribution in [0.1, 0.15) is 438 Å². The molecule has 0 aliphatic carbocycles. The maximum absolute atomic E-state index is 12.5. The van der Waals surface area contributed by atoms with Gasteiger partial charge in [-0.15, -0.1) is 0 Å². The van der Waals surface area contributed by atoms with E-state index >= 15 is 0 Å². The highest BCUT2D eigenvalue weighted by atomic mass is 16.5. The first-order valence-electron chi connectivity index (χ1n) is 38.0. The van der Waals surface area contributed by atoms with Crippen molar-refractivity contribution in [1.29, 1.82) is 0 Å². The molecule has 0 rings (SSSR count). The van der Waals surface area contributed by atoms with Crippen LogP contribution in [-0.2, 0) is 14.3 Å². The molecule has 0 aromatic heterocycles. The van der Waals surface area contributed by atoms with Crippen LogP contribution < -0.4 is 5.32 Å². The first-order chi connectivity index (χ1) is 40.5. The molecule has 0 heterocycles. The highest BCUT2D eigenvalue weighted by Crippen LogP contribution is 2.20. The molecule has 0 aromatic carbocycles. The van der Waals surface area contributed by atoms with Crippen LogP contribution in [-0.4, -0.2) is 47.4 Å². The normalized spacial score (nSPS) is 12.5. The van der Waals surface area contributed by atoms with Crippen molar-refractivity contribution in [3.63, 3.8) is 0 Å². The molecule has 2 atom stereocenters. The molecular weight excluding hydrogens is 1010 g/mol. The summed E-state index contributed by atoms with van der Waals surface area (Å²) in [5, 5.41) is 23.3. The van der Waals surface area contributed by atoms with Crippen LogP contribution in [0.25, 0.3) is 0 Å². The number of amides is 1. The Bertz CT molecular complexity index is 1240. The molecule has 6 nitrogen and oxygen atoms in total. The van der Waals surface area contributed by atoms with Crippen LogP contribution >= 0.6 is 0 Å². The second-order valence-electron chi connectivity index (χ2n) is 26.4. The number of carbonyl (C=O) groups is 2. The van der Waals surface area contributed by atoms with Crippen molar-refractivity contribution in [2.45, 2.75) is 450 Å². The van der Waals surface area contributed by atoms with E-state index in [2.05, 4.69) is 19.2 Å². The molecule has 0 radical (unpaired) electrons. The van der Waals surface area contributed by atoms with E-state index in [9.17, 15) is 19.8 Å². The first-order valence-corrected chi connectivity index (χ1v) is 38.0. The summed E-state index contributed by atoms with van der Waals surface area (Å²) in [6.07, 6.45) is 90.2. The van der Waals surface area contributed by atoms with Gasteiger partial charge in [-0.25, -0.2) is 0 Å². The third kappa shape index (κ3) is 67.7. The lowest BCUT2D eigenvalue weighted by Gasteiger charge is -2.20. The fourth-order valence-electron chi connectivity index (χ4n) is 12.3. The molecule has 0 saturated carbocycles. The van der Waals surface area contributed by atoms with Crippen molar-refractivity contribution in [3.05, 3.63) is 12.2 Å². The number of carbonyl (C=O) groups excluding carboxylic acids is 2. The fraction of sp³-hybridized carbons (Fsp3) is 0.947. The lowest BCUT2D eigenvalue weighted by molar-refractivity contribution is -0.143. The maximum atomic E-state index is 12.5. The smallest absolute Gasteiger partial charge is 0.305 e. The van der Waals surface area contributed by atoms with Crippen molar-refractivity contribution in [1.82, 2.24) is 5.32 Å². The van der Waals surface area contributed by atoms with Crippen LogP contribution in [0, 0.1) is 0 Å². The number of aliphatic hydroxyl groups is 2. The van der Waals surface area contributed by atoms with Crippen molar-refractivity contribution in [2.75, 3.05) is 13.2 Å². The molecule has 0 spiro atoms. The van der Waals surface area contributed by atoms with Gasteiger partial charge in [0.15, 0.2) is 0 Å². The number of esters is 1. The van der Waals surface area contributed by atoms with Gasteiger partial charge in [-0.05, 0) is 32.1 Å². The Kier molecular flexibility index (Phi) is 70.8. The molecule has 0 bridgehead atoms. The number of aliphatic hydroxyl groups excluding tert-OH is 2. The summed E-state index contributed by atoms with van der Waals surface area (Å²) >= 11 is 0. The van der Waals surface area contributed by atoms with E-state index in [1.165, 1.54) is 372 Å².